The number of carbonyl (C=O) groups is 1. The molecule has 0 bridgehead atoms. The molecule has 4 rings (SSSR count). The molecule has 1 aromatic heterocycles. The number of rotatable bonds is 8. The first-order valence-corrected chi connectivity index (χ1v) is 11.6. The molecule has 1 aliphatic rings. The van der Waals surface area contributed by atoms with Crippen molar-refractivity contribution >= 4 is 35.1 Å². The van der Waals surface area contributed by atoms with Crippen LogP contribution in [0.5, 0.6) is 11.5 Å². The van der Waals surface area contributed by atoms with Gasteiger partial charge in [0.1, 0.15) is 19.0 Å². The first kappa shape index (κ1) is 23.9. The maximum atomic E-state index is 12.9. The maximum absolute atomic E-state index is 12.9. The molecule has 2 aromatic carbocycles. The normalized spacial score (nSPS) is 14.9. The second-order valence-corrected chi connectivity index (χ2v) is 8.32. The van der Waals surface area contributed by atoms with Gasteiger partial charge in [-0.3, -0.25) is 0 Å². The number of nitrogens with zero attached hydrogens (tertiary/aromatic N) is 3. The number of fused-ring (bicyclic) bond motifs is 1. The number of nitrogens with one attached hydrogen (secondary N) is 1. The van der Waals surface area contributed by atoms with E-state index in [9.17, 15) is 4.79 Å². The van der Waals surface area contributed by atoms with Gasteiger partial charge in [0.05, 0.1) is 18.8 Å². The summed E-state index contributed by atoms with van der Waals surface area (Å²) in [5.41, 5.74) is 2.67. The highest BCUT2D eigenvalue weighted by molar-refractivity contribution is 6.35. The van der Waals surface area contributed by atoms with Gasteiger partial charge in [0.25, 0.3) is 0 Å². The van der Waals surface area contributed by atoms with Crippen LogP contribution >= 0.6 is 23.2 Å². The number of benzene rings is 2. The highest BCUT2D eigenvalue weighted by Crippen LogP contribution is 2.39. The Kier molecular flexibility index (Phi) is 7.29. The molecule has 1 atom stereocenters. The largest absolute Gasteiger partial charge is 0.490 e. The van der Waals surface area contributed by atoms with Crippen molar-refractivity contribution in [2.24, 2.45) is 0 Å². The summed E-state index contributed by atoms with van der Waals surface area (Å²) < 4.78 is 18.9. The van der Waals surface area contributed by atoms with Gasteiger partial charge in [-0.25, -0.2) is 9.48 Å². The Morgan fingerprint density at radius 2 is 1.91 bits per heavy atom. The van der Waals surface area contributed by atoms with E-state index in [2.05, 4.69) is 15.4 Å². The van der Waals surface area contributed by atoms with E-state index in [-0.39, 0.29) is 13.2 Å². The molecule has 3 aromatic rings. The third-order valence-corrected chi connectivity index (χ3v) is 5.86. The zero-order chi connectivity index (χ0) is 24.2. The molecule has 1 unspecified atom stereocenters. The number of aromatic nitrogens is 3. The van der Waals surface area contributed by atoms with Crippen molar-refractivity contribution in [1.82, 2.24) is 14.8 Å². The average molecular weight is 503 g/mol. The van der Waals surface area contributed by atoms with Gasteiger partial charge in [0.15, 0.2) is 11.5 Å². The van der Waals surface area contributed by atoms with E-state index in [1.807, 2.05) is 32.0 Å². The van der Waals surface area contributed by atoms with Gasteiger partial charge in [-0.1, -0.05) is 35.3 Å². The van der Waals surface area contributed by atoms with Crippen molar-refractivity contribution in [3.8, 4) is 11.5 Å². The van der Waals surface area contributed by atoms with Crippen LogP contribution in [0.1, 0.15) is 37.9 Å². The number of hydrogen-bond acceptors (Lipinski definition) is 7. The molecule has 10 heteroatoms. The summed E-state index contributed by atoms with van der Waals surface area (Å²) in [5, 5.41) is 8.54. The van der Waals surface area contributed by atoms with Crippen LogP contribution in [0.2, 0.25) is 10.0 Å². The molecule has 8 nitrogen and oxygen atoms in total. The Bertz CT molecular complexity index is 1240. The summed E-state index contributed by atoms with van der Waals surface area (Å²) in [7, 11) is 0. The Balaban J connectivity index is 1.69. The molecule has 0 radical (unpaired) electrons. The topological polar surface area (TPSA) is 87.5 Å². The van der Waals surface area contributed by atoms with E-state index in [0.29, 0.717) is 45.4 Å². The lowest BCUT2D eigenvalue weighted by Crippen LogP contribution is -2.29. The predicted octanol–water partition coefficient (Wildman–Crippen LogP) is 5.41. The molecule has 0 saturated carbocycles. The van der Waals surface area contributed by atoms with E-state index in [0.717, 1.165) is 11.1 Å². The molecule has 0 fully saturated rings. The van der Waals surface area contributed by atoms with Crippen LogP contribution < -0.4 is 14.8 Å². The van der Waals surface area contributed by atoms with Crippen LogP contribution in [0.4, 0.5) is 5.95 Å². The van der Waals surface area contributed by atoms with E-state index >= 15 is 0 Å². The summed E-state index contributed by atoms with van der Waals surface area (Å²) in [5.74, 6) is 1.19. The molecular formula is C24H24Cl2N4O4. The van der Waals surface area contributed by atoms with Crippen LogP contribution in [-0.4, -0.2) is 33.9 Å². The number of halogens is 2. The molecule has 178 valence electrons. The molecule has 2 heterocycles. The van der Waals surface area contributed by atoms with Gasteiger partial charge < -0.3 is 19.5 Å². The lowest BCUT2D eigenvalue weighted by Gasteiger charge is -2.28. The fraction of sp³-hybridized carbons (Fsp3) is 0.292. The third-order valence-electron chi connectivity index (χ3n) is 5.27. The lowest BCUT2D eigenvalue weighted by atomic mass is 9.95. The second kappa shape index (κ2) is 10.4. The maximum Gasteiger partial charge on any atom is 0.338 e. The van der Waals surface area contributed by atoms with Gasteiger partial charge in [0.2, 0.25) is 5.95 Å². The van der Waals surface area contributed by atoms with Crippen molar-refractivity contribution < 1.29 is 19.0 Å². The van der Waals surface area contributed by atoms with Gasteiger partial charge in [-0.15, -0.1) is 0 Å². The Morgan fingerprint density at radius 3 is 2.65 bits per heavy atom. The Labute approximate surface area is 207 Å². The monoisotopic (exact) mass is 502 g/mol. The van der Waals surface area contributed by atoms with Crippen LogP contribution in [-0.2, 0) is 16.1 Å². The quantitative estimate of drug-likeness (QED) is 0.411. The number of carbonyl (C=O) groups excluding carboxylic acids is 1. The van der Waals surface area contributed by atoms with Crippen LogP contribution in [0.15, 0.2) is 54.0 Å². The zero-order valence-corrected chi connectivity index (χ0v) is 20.5. The predicted molar refractivity (Wildman–Crippen MR) is 130 cm³/mol. The number of anilines is 1. The number of ether oxygens (including phenoxy) is 3. The van der Waals surface area contributed by atoms with E-state index in [1.54, 1.807) is 29.8 Å². The van der Waals surface area contributed by atoms with Crippen molar-refractivity contribution in [3.63, 3.8) is 0 Å². The van der Waals surface area contributed by atoms with E-state index in [1.165, 1.54) is 6.33 Å². The van der Waals surface area contributed by atoms with E-state index in [4.69, 9.17) is 37.4 Å². The molecule has 0 saturated heterocycles. The number of allylic oxidation sites excluding steroid dienone is 1. The van der Waals surface area contributed by atoms with Gasteiger partial charge in [-0.2, -0.15) is 10.1 Å². The van der Waals surface area contributed by atoms with E-state index < -0.39 is 12.0 Å². The van der Waals surface area contributed by atoms with Crippen LogP contribution in [0.3, 0.4) is 0 Å². The van der Waals surface area contributed by atoms with Gasteiger partial charge in [0, 0.05) is 21.3 Å². The third kappa shape index (κ3) is 4.83. The van der Waals surface area contributed by atoms with Crippen LogP contribution in [0.25, 0.3) is 0 Å². The van der Waals surface area contributed by atoms with Crippen molar-refractivity contribution in [2.45, 2.75) is 33.4 Å². The minimum Gasteiger partial charge on any atom is -0.490 e. The molecule has 0 spiro atoms. The van der Waals surface area contributed by atoms with Crippen molar-refractivity contribution in [1.29, 1.82) is 0 Å². The first-order chi connectivity index (χ1) is 16.4. The Hall–Kier alpha value is -3.23. The SMILES string of the molecule is CCOC(=O)C1=C(C)Nc2ncnn2C1c1ccc(OCc2ccc(Cl)cc2Cl)c(OCC)c1. The zero-order valence-electron chi connectivity index (χ0n) is 19.0. The van der Waals surface area contributed by atoms with Crippen molar-refractivity contribution in [3.05, 3.63) is 75.2 Å². The number of hydrogen-bond donors (Lipinski definition) is 1. The standard InChI is InChI=1S/C24H24Cl2N4O4/c1-4-32-20-10-15(7-9-19(20)34-12-16-6-8-17(25)11-18(16)26)22-21(23(31)33-5-2)14(3)29-24-27-13-28-30(22)24/h6-11,13,22H,4-5,12H2,1-3H3,(H,27,28,29). The van der Waals surface area contributed by atoms with Crippen LogP contribution in [0, 0.1) is 0 Å². The van der Waals surface area contributed by atoms with Crippen molar-refractivity contribution in [2.75, 3.05) is 18.5 Å². The minimum atomic E-state index is -0.545. The summed E-state index contributed by atoms with van der Waals surface area (Å²) in [4.78, 5) is 17.1. The molecule has 1 N–H and O–H groups in total. The smallest absolute Gasteiger partial charge is 0.338 e. The molecule has 0 aliphatic carbocycles. The molecule has 1 aliphatic heterocycles. The summed E-state index contributed by atoms with van der Waals surface area (Å²) in [6, 6.07) is 10.2. The molecule has 0 amide bonds. The summed E-state index contributed by atoms with van der Waals surface area (Å²) in [6.45, 7) is 6.41. The highest BCUT2D eigenvalue weighted by atomic mass is 35.5. The minimum absolute atomic E-state index is 0.239. The summed E-state index contributed by atoms with van der Waals surface area (Å²) in [6.07, 6.45) is 1.44. The molecule has 34 heavy (non-hydrogen) atoms. The summed E-state index contributed by atoms with van der Waals surface area (Å²) >= 11 is 12.3. The highest BCUT2D eigenvalue weighted by Gasteiger charge is 2.34. The second-order valence-electron chi connectivity index (χ2n) is 7.48. The molecular weight excluding hydrogens is 479 g/mol. The van der Waals surface area contributed by atoms with Gasteiger partial charge >= 0.3 is 5.97 Å². The van der Waals surface area contributed by atoms with Gasteiger partial charge in [-0.05, 0) is 50.6 Å². The fourth-order valence-corrected chi connectivity index (χ4v) is 4.21. The lowest BCUT2D eigenvalue weighted by molar-refractivity contribution is -0.139. The Morgan fingerprint density at radius 1 is 1.09 bits per heavy atom. The fourth-order valence-electron chi connectivity index (χ4n) is 3.75. The first-order valence-electron chi connectivity index (χ1n) is 10.8. The average Bonchev–Trinajstić information content (AvgIpc) is 3.26. The number of esters is 1.